The fourth-order valence-corrected chi connectivity index (χ4v) is 7.47. The number of amides is 3. The van der Waals surface area contributed by atoms with E-state index in [2.05, 4.69) is 26.2 Å². The van der Waals surface area contributed by atoms with Gasteiger partial charge in [-0.15, -0.1) is 16.9 Å². The summed E-state index contributed by atoms with van der Waals surface area (Å²) in [5.74, 6) is -2.50. The third-order valence-electron chi connectivity index (χ3n) is 7.95. The van der Waals surface area contributed by atoms with Crippen LogP contribution in [-0.2, 0) is 25.7 Å². The molecular weight excluding hydrogens is 514 g/mol. The predicted molar refractivity (Wildman–Crippen MR) is 135 cm³/mol. The van der Waals surface area contributed by atoms with E-state index in [1.165, 1.54) is 27.7 Å². The SMILES string of the molecule is C[C@@H](NC(=O)Cn1cnnn1)[C@H]1C(=O)N2C(C(=O)O)=C(S[C@@H]3CN[C@H](C(=O)N4CCC(N)CC4)C3)[C@H](C)[C@H]12. The second-order valence-corrected chi connectivity index (χ2v) is 11.8. The molecule has 0 aromatic carbocycles. The number of β-lactam (4-membered cyclic amide) rings is 1. The van der Waals surface area contributed by atoms with Gasteiger partial charge in [-0.1, -0.05) is 6.92 Å². The van der Waals surface area contributed by atoms with Gasteiger partial charge in [0.25, 0.3) is 0 Å². The van der Waals surface area contributed by atoms with Crippen LogP contribution in [-0.4, -0.2) is 108 Å². The first-order valence-corrected chi connectivity index (χ1v) is 13.8. The summed E-state index contributed by atoms with van der Waals surface area (Å²) in [6.07, 6.45) is 3.50. The molecular formula is C23H33N9O5S. The van der Waals surface area contributed by atoms with E-state index in [0.717, 1.165) is 12.8 Å². The molecule has 0 saturated carbocycles. The number of nitrogens with two attached hydrogens (primary N) is 1. The quantitative estimate of drug-likeness (QED) is 0.273. The molecule has 5 rings (SSSR count). The summed E-state index contributed by atoms with van der Waals surface area (Å²) in [5, 5.41) is 26.8. The number of carbonyl (C=O) groups excluding carboxylic acids is 3. The maximum Gasteiger partial charge on any atom is 0.353 e. The molecule has 5 heterocycles. The number of thioether (sulfide) groups is 1. The van der Waals surface area contributed by atoms with Gasteiger partial charge < -0.3 is 31.3 Å². The summed E-state index contributed by atoms with van der Waals surface area (Å²) < 4.78 is 1.28. The van der Waals surface area contributed by atoms with Crippen LogP contribution < -0.4 is 16.4 Å². The number of aliphatic carboxylic acids is 1. The van der Waals surface area contributed by atoms with Crippen molar-refractivity contribution in [1.29, 1.82) is 0 Å². The molecule has 4 aliphatic rings. The molecule has 1 aromatic heterocycles. The number of nitrogens with zero attached hydrogens (tertiary/aromatic N) is 6. The number of carboxylic acid groups (broad SMARTS) is 1. The fraction of sp³-hybridized carbons (Fsp3) is 0.696. The fourth-order valence-electron chi connectivity index (χ4n) is 5.99. The minimum atomic E-state index is -1.15. The Kier molecular flexibility index (Phi) is 7.42. The largest absolute Gasteiger partial charge is 0.477 e. The molecule has 38 heavy (non-hydrogen) atoms. The van der Waals surface area contributed by atoms with Crippen LogP contribution >= 0.6 is 11.8 Å². The van der Waals surface area contributed by atoms with E-state index in [0.29, 0.717) is 31.0 Å². The molecule has 3 fully saturated rings. The summed E-state index contributed by atoms with van der Waals surface area (Å²) in [6.45, 7) is 5.48. The Morgan fingerprint density at radius 3 is 2.71 bits per heavy atom. The highest BCUT2D eigenvalue weighted by molar-refractivity contribution is 8.03. The topological polar surface area (TPSA) is 189 Å². The van der Waals surface area contributed by atoms with Crippen LogP contribution in [0.4, 0.5) is 0 Å². The molecule has 0 bridgehead atoms. The number of likely N-dealkylation sites (tertiary alicyclic amines) is 1. The number of aromatic nitrogens is 4. The average molecular weight is 548 g/mol. The molecule has 1 aromatic rings. The van der Waals surface area contributed by atoms with Crippen molar-refractivity contribution in [1.82, 2.24) is 40.6 Å². The molecule has 0 aliphatic carbocycles. The van der Waals surface area contributed by atoms with Crippen molar-refractivity contribution in [3.63, 3.8) is 0 Å². The Morgan fingerprint density at radius 1 is 1.32 bits per heavy atom. The number of hydrogen-bond acceptors (Lipinski definition) is 10. The zero-order valence-corrected chi connectivity index (χ0v) is 22.1. The van der Waals surface area contributed by atoms with Gasteiger partial charge in [-0.05, 0) is 36.6 Å². The lowest BCUT2D eigenvalue weighted by Gasteiger charge is -2.47. The van der Waals surface area contributed by atoms with Gasteiger partial charge in [0.15, 0.2) is 0 Å². The first-order chi connectivity index (χ1) is 18.2. The minimum absolute atomic E-state index is 0.00321. The second kappa shape index (κ2) is 10.6. The van der Waals surface area contributed by atoms with E-state index in [1.54, 1.807) is 6.92 Å². The van der Waals surface area contributed by atoms with Crippen molar-refractivity contribution in [2.45, 2.75) is 69.1 Å². The van der Waals surface area contributed by atoms with Gasteiger partial charge in [-0.25, -0.2) is 9.48 Å². The van der Waals surface area contributed by atoms with Crippen LogP contribution in [0.5, 0.6) is 0 Å². The summed E-state index contributed by atoms with van der Waals surface area (Å²) in [7, 11) is 0. The Labute approximate surface area is 223 Å². The molecule has 3 saturated heterocycles. The summed E-state index contributed by atoms with van der Waals surface area (Å²) in [4.78, 5) is 54.7. The lowest BCUT2D eigenvalue weighted by Crippen LogP contribution is -2.66. The minimum Gasteiger partial charge on any atom is -0.477 e. The second-order valence-electron chi connectivity index (χ2n) is 10.5. The first-order valence-electron chi connectivity index (χ1n) is 12.9. The normalized spacial score (nSPS) is 30.3. The molecule has 5 N–H and O–H groups in total. The van der Waals surface area contributed by atoms with E-state index in [1.807, 2.05) is 11.8 Å². The summed E-state index contributed by atoms with van der Waals surface area (Å²) in [6, 6.07) is -1.02. The monoisotopic (exact) mass is 547 g/mol. The van der Waals surface area contributed by atoms with Crippen molar-refractivity contribution < 1.29 is 24.3 Å². The number of nitrogens with one attached hydrogen (secondary N) is 2. The Balaban J connectivity index is 1.22. The standard InChI is InChI=1S/C23H33N9O5S/c1-11-18-17(12(2)27-16(33)9-31-10-26-28-29-31)22(35)32(18)19(23(36)37)20(11)38-14-7-15(25-8-14)21(34)30-5-3-13(24)4-6-30/h10-15,17-18,25H,3-9,24H2,1-2H3,(H,27,33)(H,36,37)/t11-,12-,14+,15+,17-,18-/m1/s1. The van der Waals surface area contributed by atoms with Gasteiger partial charge in [0.1, 0.15) is 18.6 Å². The van der Waals surface area contributed by atoms with Crippen LogP contribution in [0.3, 0.4) is 0 Å². The lowest BCUT2D eigenvalue weighted by atomic mass is 9.78. The number of rotatable bonds is 8. The van der Waals surface area contributed by atoms with Crippen LogP contribution in [0.1, 0.15) is 33.1 Å². The highest BCUT2D eigenvalue weighted by Crippen LogP contribution is 2.51. The third kappa shape index (κ3) is 4.89. The highest BCUT2D eigenvalue weighted by atomic mass is 32.2. The van der Waals surface area contributed by atoms with E-state index in [4.69, 9.17) is 5.73 Å². The summed E-state index contributed by atoms with van der Waals surface area (Å²) >= 11 is 1.45. The Bertz CT molecular complexity index is 1140. The zero-order chi connectivity index (χ0) is 27.1. The lowest BCUT2D eigenvalue weighted by molar-refractivity contribution is -0.158. The Morgan fingerprint density at radius 2 is 2.05 bits per heavy atom. The first kappa shape index (κ1) is 26.6. The van der Waals surface area contributed by atoms with Crippen molar-refractivity contribution in [3.8, 4) is 0 Å². The van der Waals surface area contributed by atoms with Gasteiger partial charge in [0, 0.05) is 47.8 Å². The summed E-state index contributed by atoms with van der Waals surface area (Å²) in [5.41, 5.74) is 5.98. The van der Waals surface area contributed by atoms with Gasteiger partial charge >= 0.3 is 5.97 Å². The number of hydrogen-bond donors (Lipinski definition) is 4. The number of tetrazole rings is 1. The van der Waals surface area contributed by atoms with Crippen LogP contribution in [0.25, 0.3) is 0 Å². The number of piperidine rings is 1. The average Bonchev–Trinajstić information content (AvgIpc) is 3.60. The van der Waals surface area contributed by atoms with Crippen LogP contribution in [0.15, 0.2) is 16.9 Å². The predicted octanol–water partition coefficient (Wildman–Crippen LogP) is -1.64. The maximum absolute atomic E-state index is 13.1. The van der Waals surface area contributed by atoms with Crippen molar-refractivity contribution in [2.75, 3.05) is 19.6 Å². The van der Waals surface area contributed by atoms with Crippen LogP contribution in [0, 0.1) is 11.8 Å². The molecule has 14 nitrogen and oxygen atoms in total. The number of fused-ring (bicyclic) bond motifs is 1. The molecule has 4 aliphatic heterocycles. The van der Waals surface area contributed by atoms with Crippen LogP contribution in [0.2, 0.25) is 0 Å². The van der Waals surface area contributed by atoms with E-state index < -0.39 is 17.9 Å². The van der Waals surface area contributed by atoms with E-state index in [-0.39, 0.29) is 59.3 Å². The van der Waals surface area contributed by atoms with E-state index in [9.17, 15) is 24.3 Å². The van der Waals surface area contributed by atoms with Gasteiger partial charge in [-0.3, -0.25) is 14.4 Å². The number of carboxylic acids is 1. The van der Waals surface area contributed by atoms with Gasteiger partial charge in [0.2, 0.25) is 17.7 Å². The van der Waals surface area contributed by atoms with Crippen molar-refractivity contribution in [2.24, 2.45) is 17.6 Å². The molecule has 0 spiro atoms. The smallest absolute Gasteiger partial charge is 0.353 e. The highest BCUT2D eigenvalue weighted by Gasteiger charge is 2.60. The Hall–Kier alpha value is -3.04. The molecule has 0 radical (unpaired) electrons. The number of carbonyl (C=O) groups is 4. The van der Waals surface area contributed by atoms with Crippen molar-refractivity contribution in [3.05, 3.63) is 16.9 Å². The maximum atomic E-state index is 13.1. The molecule has 206 valence electrons. The third-order valence-corrected chi connectivity index (χ3v) is 9.46. The van der Waals surface area contributed by atoms with Crippen molar-refractivity contribution >= 4 is 35.5 Å². The van der Waals surface area contributed by atoms with Gasteiger partial charge in [-0.2, -0.15) is 0 Å². The molecule has 15 heteroatoms. The molecule has 6 atom stereocenters. The molecule has 3 amide bonds. The molecule has 0 unspecified atom stereocenters. The van der Waals surface area contributed by atoms with E-state index >= 15 is 0 Å². The zero-order valence-electron chi connectivity index (χ0n) is 21.3. The van der Waals surface area contributed by atoms with Gasteiger partial charge in [0.05, 0.1) is 18.0 Å².